The number of carboxylic acids is 1. The van der Waals surface area contributed by atoms with E-state index in [2.05, 4.69) is 4.98 Å². The van der Waals surface area contributed by atoms with Crippen LogP contribution < -0.4 is 0 Å². The molecule has 0 aliphatic heterocycles. The van der Waals surface area contributed by atoms with Crippen LogP contribution in [0.15, 0.2) is 46.5 Å². The Morgan fingerprint density at radius 1 is 1.22 bits per heavy atom. The van der Waals surface area contributed by atoms with E-state index in [1.807, 2.05) is 0 Å². The van der Waals surface area contributed by atoms with E-state index in [-0.39, 0.29) is 5.56 Å². The van der Waals surface area contributed by atoms with Gasteiger partial charge in [0, 0.05) is 22.2 Å². The molecular weight excluding hydrogens is 293 g/mol. The highest BCUT2D eigenvalue weighted by atomic mass is 35.5. The summed E-state index contributed by atoms with van der Waals surface area (Å²) in [6.45, 7) is 0. The molecule has 3 nitrogen and oxygen atoms in total. The highest BCUT2D eigenvalue weighted by Crippen LogP contribution is 2.33. The van der Waals surface area contributed by atoms with Crippen LogP contribution >= 0.6 is 35.0 Å². The summed E-state index contributed by atoms with van der Waals surface area (Å²) < 4.78 is 0. The number of halogens is 2. The predicted molar refractivity (Wildman–Crippen MR) is 71.8 cm³/mol. The minimum atomic E-state index is -1.01. The van der Waals surface area contributed by atoms with E-state index in [0.717, 1.165) is 4.90 Å². The second-order valence-corrected chi connectivity index (χ2v) is 5.28. The average molecular weight is 300 g/mol. The minimum absolute atomic E-state index is 0.161. The van der Waals surface area contributed by atoms with Crippen LogP contribution in [0, 0.1) is 0 Å². The van der Waals surface area contributed by atoms with Gasteiger partial charge in [-0.05, 0) is 24.3 Å². The summed E-state index contributed by atoms with van der Waals surface area (Å²) in [6, 6.07) is 6.80. The molecule has 1 heterocycles. The molecule has 0 unspecified atom stereocenters. The summed E-state index contributed by atoms with van der Waals surface area (Å²) in [6.07, 6.45) is 2.87. The maximum absolute atomic E-state index is 11.0. The molecule has 18 heavy (non-hydrogen) atoms. The summed E-state index contributed by atoms with van der Waals surface area (Å²) in [4.78, 5) is 16.3. The number of rotatable bonds is 3. The second-order valence-electron chi connectivity index (χ2n) is 3.35. The third-order valence-electron chi connectivity index (χ3n) is 2.13. The largest absolute Gasteiger partial charge is 0.478 e. The van der Waals surface area contributed by atoms with Crippen molar-refractivity contribution in [2.75, 3.05) is 0 Å². The van der Waals surface area contributed by atoms with Crippen LogP contribution in [0.2, 0.25) is 10.0 Å². The highest BCUT2D eigenvalue weighted by molar-refractivity contribution is 7.99. The molecule has 2 rings (SSSR count). The van der Waals surface area contributed by atoms with E-state index in [1.54, 1.807) is 30.5 Å². The van der Waals surface area contributed by atoms with E-state index in [1.165, 1.54) is 18.0 Å². The Kier molecular flexibility index (Phi) is 4.11. The van der Waals surface area contributed by atoms with Crippen LogP contribution in [-0.2, 0) is 0 Å². The molecule has 0 fully saturated rings. The van der Waals surface area contributed by atoms with Gasteiger partial charge in [-0.25, -0.2) is 4.79 Å². The van der Waals surface area contributed by atoms with Crippen molar-refractivity contribution in [3.8, 4) is 0 Å². The molecule has 1 N–H and O–H groups in total. The van der Waals surface area contributed by atoms with Crippen molar-refractivity contribution in [2.24, 2.45) is 0 Å². The van der Waals surface area contributed by atoms with Crippen molar-refractivity contribution in [3.05, 3.63) is 52.3 Å². The van der Waals surface area contributed by atoms with Crippen molar-refractivity contribution in [2.45, 2.75) is 9.79 Å². The molecule has 2 aromatic rings. The van der Waals surface area contributed by atoms with Crippen molar-refractivity contribution in [1.29, 1.82) is 0 Å². The quantitative estimate of drug-likeness (QED) is 0.921. The Morgan fingerprint density at radius 3 is 2.67 bits per heavy atom. The SMILES string of the molecule is O=C(O)c1cnccc1Sc1ccc(Cl)c(Cl)c1. The first-order chi connectivity index (χ1) is 8.58. The van der Waals surface area contributed by atoms with E-state index < -0.39 is 5.97 Å². The third kappa shape index (κ3) is 2.96. The van der Waals surface area contributed by atoms with Gasteiger partial charge in [0.2, 0.25) is 0 Å². The van der Waals surface area contributed by atoms with Gasteiger partial charge in [0.1, 0.15) is 0 Å². The number of benzene rings is 1. The smallest absolute Gasteiger partial charge is 0.338 e. The molecule has 0 amide bonds. The summed E-state index contributed by atoms with van der Waals surface area (Å²) >= 11 is 13.0. The zero-order valence-corrected chi connectivity index (χ0v) is 11.3. The summed E-state index contributed by atoms with van der Waals surface area (Å²) in [5.74, 6) is -1.01. The lowest BCUT2D eigenvalue weighted by atomic mass is 10.3. The van der Waals surface area contributed by atoms with Gasteiger partial charge >= 0.3 is 5.97 Å². The van der Waals surface area contributed by atoms with Gasteiger partial charge in [-0.15, -0.1) is 0 Å². The van der Waals surface area contributed by atoms with Crippen LogP contribution in [0.25, 0.3) is 0 Å². The first kappa shape index (κ1) is 13.2. The predicted octanol–water partition coefficient (Wildman–Crippen LogP) is 4.24. The van der Waals surface area contributed by atoms with Gasteiger partial charge in [0.15, 0.2) is 0 Å². The standard InChI is InChI=1S/C12H7Cl2NO2S/c13-9-2-1-7(5-10(9)14)18-11-3-4-15-6-8(11)12(16)17/h1-6H,(H,16,17). The maximum atomic E-state index is 11.0. The Hall–Kier alpha value is -1.23. The number of aromatic carboxylic acids is 1. The van der Waals surface area contributed by atoms with E-state index >= 15 is 0 Å². The topological polar surface area (TPSA) is 50.2 Å². The number of hydrogen-bond donors (Lipinski definition) is 1. The fourth-order valence-electron chi connectivity index (χ4n) is 1.30. The fraction of sp³-hybridized carbons (Fsp3) is 0. The zero-order chi connectivity index (χ0) is 13.1. The molecule has 0 aliphatic rings. The van der Waals surface area contributed by atoms with Crippen LogP contribution in [0.3, 0.4) is 0 Å². The Labute approximate surface area is 118 Å². The summed E-state index contributed by atoms with van der Waals surface area (Å²) in [5, 5.41) is 9.95. The molecule has 1 aromatic carbocycles. The molecule has 0 bridgehead atoms. The monoisotopic (exact) mass is 299 g/mol. The first-order valence-electron chi connectivity index (χ1n) is 4.88. The van der Waals surface area contributed by atoms with Gasteiger partial charge in [0.25, 0.3) is 0 Å². The first-order valence-corrected chi connectivity index (χ1v) is 6.45. The second kappa shape index (κ2) is 5.61. The molecule has 0 saturated carbocycles. The molecule has 0 atom stereocenters. The van der Waals surface area contributed by atoms with Crippen LogP contribution in [0.4, 0.5) is 0 Å². The number of carbonyl (C=O) groups is 1. The van der Waals surface area contributed by atoms with Gasteiger partial charge in [-0.2, -0.15) is 0 Å². The van der Waals surface area contributed by atoms with E-state index in [0.29, 0.717) is 14.9 Å². The average Bonchev–Trinajstić information content (AvgIpc) is 2.34. The Morgan fingerprint density at radius 2 is 2.00 bits per heavy atom. The van der Waals surface area contributed by atoms with Gasteiger partial charge in [0.05, 0.1) is 15.6 Å². The van der Waals surface area contributed by atoms with Crippen molar-refractivity contribution in [1.82, 2.24) is 4.98 Å². The molecule has 0 radical (unpaired) electrons. The van der Waals surface area contributed by atoms with Crippen molar-refractivity contribution >= 4 is 40.9 Å². The van der Waals surface area contributed by atoms with E-state index in [9.17, 15) is 4.79 Å². The normalized spacial score (nSPS) is 10.3. The summed E-state index contributed by atoms with van der Waals surface area (Å²) in [5.41, 5.74) is 0.161. The molecule has 1 aromatic heterocycles. The van der Waals surface area contributed by atoms with Gasteiger partial charge < -0.3 is 5.11 Å². The van der Waals surface area contributed by atoms with Crippen LogP contribution in [0.1, 0.15) is 10.4 Å². The molecule has 92 valence electrons. The minimum Gasteiger partial charge on any atom is -0.478 e. The lowest BCUT2D eigenvalue weighted by Gasteiger charge is -2.05. The number of hydrogen-bond acceptors (Lipinski definition) is 3. The maximum Gasteiger partial charge on any atom is 0.338 e. The lowest BCUT2D eigenvalue weighted by molar-refractivity contribution is 0.0692. The van der Waals surface area contributed by atoms with Gasteiger partial charge in [-0.1, -0.05) is 35.0 Å². The van der Waals surface area contributed by atoms with Crippen LogP contribution in [-0.4, -0.2) is 16.1 Å². The highest BCUT2D eigenvalue weighted by Gasteiger charge is 2.11. The molecular formula is C12H7Cl2NO2S. The molecule has 0 aliphatic carbocycles. The molecule has 0 saturated heterocycles. The Balaban J connectivity index is 2.34. The van der Waals surface area contributed by atoms with Crippen molar-refractivity contribution < 1.29 is 9.90 Å². The number of nitrogens with zero attached hydrogens (tertiary/aromatic N) is 1. The van der Waals surface area contributed by atoms with E-state index in [4.69, 9.17) is 28.3 Å². The fourth-order valence-corrected chi connectivity index (χ4v) is 2.61. The molecule has 6 heteroatoms. The summed E-state index contributed by atoms with van der Waals surface area (Å²) in [7, 11) is 0. The van der Waals surface area contributed by atoms with Crippen molar-refractivity contribution in [3.63, 3.8) is 0 Å². The zero-order valence-electron chi connectivity index (χ0n) is 8.93. The van der Waals surface area contributed by atoms with Gasteiger partial charge in [-0.3, -0.25) is 4.98 Å². The number of aromatic nitrogens is 1. The van der Waals surface area contributed by atoms with Crippen LogP contribution in [0.5, 0.6) is 0 Å². The third-order valence-corrected chi connectivity index (χ3v) is 3.93. The molecule has 0 spiro atoms. The Bertz CT molecular complexity index is 604. The number of pyridine rings is 1. The number of carboxylic acid groups (broad SMARTS) is 1. The lowest BCUT2D eigenvalue weighted by Crippen LogP contribution is -1.99.